The molecule has 0 saturated carbocycles. The van der Waals surface area contributed by atoms with E-state index < -0.39 is 0 Å². The van der Waals surface area contributed by atoms with Gasteiger partial charge in [-0.15, -0.1) is 0 Å². The molecule has 0 atom stereocenters. The molecule has 0 aliphatic rings. The number of methoxy groups -OCH3 is 1. The highest BCUT2D eigenvalue weighted by Gasteiger charge is 2.02. The van der Waals surface area contributed by atoms with Gasteiger partial charge in [-0.3, -0.25) is 0 Å². The minimum absolute atomic E-state index is 0.652. The van der Waals surface area contributed by atoms with Crippen LogP contribution in [0.15, 0.2) is 24.3 Å². The second-order valence-corrected chi connectivity index (χ2v) is 2.84. The van der Waals surface area contributed by atoms with E-state index in [1.54, 1.807) is 7.11 Å². The second kappa shape index (κ2) is 13.6. The molecular formula is C16H28O2. The van der Waals surface area contributed by atoms with Gasteiger partial charge in [-0.25, -0.2) is 0 Å². The lowest BCUT2D eigenvalue weighted by atomic mass is 10.2. The highest BCUT2D eigenvalue weighted by atomic mass is 16.5. The van der Waals surface area contributed by atoms with Crippen LogP contribution in [0.5, 0.6) is 11.5 Å². The zero-order chi connectivity index (χ0) is 14.4. The van der Waals surface area contributed by atoms with Gasteiger partial charge in [0.25, 0.3) is 0 Å². The van der Waals surface area contributed by atoms with Crippen LogP contribution in [0.3, 0.4) is 0 Å². The Hall–Kier alpha value is -1.44. The molecule has 0 spiro atoms. The van der Waals surface area contributed by atoms with Crippen LogP contribution in [0.1, 0.15) is 47.1 Å². The Morgan fingerprint density at radius 1 is 1.06 bits per heavy atom. The van der Waals surface area contributed by atoms with Gasteiger partial charge in [0.15, 0.2) is 11.5 Å². The molecule has 1 rings (SSSR count). The summed E-state index contributed by atoms with van der Waals surface area (Å²) >= 11 is 0. The molecule has 0 bridgehead atoms. The van der Waals surface area contributed by atoms with Gasteiger partial charge in [-0.05, 0) is 31.5 Å². The summed E-state index contributed by atoms with van der Waals surface area (Å²) in [6, 6.07) is 5.90. The summed E-state index contributed by atoms with van der Waals surface area (Å²) in [5.74, 6) is 1.57. The van der Waals surface area contributed by atoms with E-state index in [2.05, 4.69) is 0 Å². The maximum absolute atomic E-state index is 5.41. The van der Waals surface area contributed by atoms with Crippen molar-refractivity contribution < 1.29 is 9.47 Å². The Kier molecular flexibility index (Phi) is 14.3. The molecule has 0 aliphatic carbocycles. The van der Waals surface area contributed by atoms with Crippen molar-refractivity contribution in [2.24, 2.45) is 0 Å². The van der Waals surface area contributed by atoms with E-state index in [9.17, 15) is 0 Å². The summed E-state index contributed by atoms with van der Waals surface area (Å²) in [5.41, 5.74) is 1.12. The fourth-order valence-electron chi connectivity index (χ4n) is 1.26. The molecule has 0 radical (unpaired) electrons. The fraction of sp³-hybridized carbons (Fsp3) is 0.500. The van der Waals surface area contributed by atoms with Gasteiger partial charge in [0.05, 0.1) is 13.7 Å². The SMILES string of the molecule is C/C=C/c1ccc(OCC)c(OC)c1.CC.CC. The third kappa shape index (κ3) is 7.00. The zero-order valence-electron chi connectivity index (χ0n) is 12.9. The van der Waals surface area contributed by atoms with Crippen molar-refractivity contribution in [3.8, 4) is 11.5 Å². The Bertz CT molecular complexity index is 317. The van der Waals surface area contributed by atoms with E-state index in [-0.39, 0.29) is 0 Å². The van der Waals surface area contributed by atoms with Crippen LogP contribution in [0.2, 0.25) is 0 Å². The van der Waals surface area contributed by atoms with Gasteiger partial charge >= 0.3 is 0 Å². The highest BCUT2D eigenvalue weighted by molar-refractivity contribution is 5.55. The standard InChI is InChI=1S/C12H16O2.2C2H6/c1-4-6-10-7-8-11(14-5-2)12(9-10)13-3;2*1-2/h4,6-9H,5H2,1-3H3;2*1-2H3/b6-4+;;. The number of hydrogen-bond acceptors (Lipinski definition) is 2. The number of allylic oxidation sites excluding steroid dienone is 1. The summed E-state index contributed by atoms with van der Waals surface area (Å²) < 4.78 is 10.6. The third-order valence-corrected chi connectivity index (χ3v) is 1.85. The molecule has 18 heavy (non-hydrogen) atoms. The quantitative estimate of drug-likeness (QED) is 0.735. The van der Waals surface area contributed by atoms with E-state index >= 15 is 0 Å². The van der Waals surface area contributed by atoms with E-state index in [0.717, 1.165) is 17.1 Å². The Balaban J connectivity index is 0. The number of rotatable bonds is 4. The first-order valence-electron chi connectivity index (χ1n) is 6.75. The largest absolute Gasteiger partial charge is 0.493 e. The second-order valence-electron chi connectivity index (χ2n) is 2.84. The number of hydrogen-bond donors (Lipinski definition) is 0. The summed E-state index contributed by atoms with van der Waals surface area (Å²) in [6.45, 7) is 12.6. The first kappa shape index (κ1) is 18.9. The van der Waals surface area contributed by atoms with Crippen molar-refractivity contribution in [2.45, 2.75) is 41.5 Å². The molecule has 0 N–H and O–H groups in total. The lowest BCUT2D eigenvalue weighted by Crippen LogP contribution is -1.95. The van der Waals surface area contributed by atoms with Crippen molar-refractivity contribution in [1.29, 1.82) is 0 Å². The smallest absolute Gasteiger partial charge is 0.161 e. The number of benzene rings is 1. The predicted molar refractivity (Wildman–Crippen MR) is 81.6 cm³/mol. The van der Waals surface area contributed by atoms with Crippen LogP contribution in [0.25, 0.3) is 6.08 Å². The summed E-state index contributed by atoms with van der Waals surface area (Å²) in [4.78, 5) is 0. The van der Waals surface area contributed by atoms with Crippen LogP contribution >= 0.6 is 0 Å². The molecule has 0 amide bonds. The van der Waals surface area contributed by atoms with Gasteiger partial charge < -0.3 is 9.47 Å². The van der Waals surface area contributed by atoms with Crippen LogP contribution in [0, 0.1) is 0 Å². The van der Waals surface area contributed by atoms with Gasteiger partial charge in [0.1, 0.15) is 0 Å². The molecule has 2 nitrogen and oxygen atoms in total. The van der Waals surface area contributed by atoms with Gasteiger partial charge in [-0.1, -0.05) is 45.9 Å². The fourth-order valence-corrected chi connectivity index (χ4v) is 1.26. The maximum atomic E-state index is 5.41. The van der Waals surface area contributed by atoms with Crippen molar-refractivity contribution >= 4 is 6.08 Å². The van der Waals surface area contributed by atoms with E-state index in [4.69, 9.17) is 9.47 Å². The lowest BCUT2D eigenvalue weighted by Gasteiger charge is -2.09. The van der Waals surface area contributed by atoms with Gasteiger partial charge in [0, 0.05) is 0 Å². The van der Waals surface area contributed by atoms with E-state index in [0.29, 0.717) is 6.61 Å². The molecule has 1 aromatic rings. The minimum Gasteiger partial charge on any atom is -0.493 e. The Labute approximate surface area is 113 Å². The molecule has 0 heterocycles. The first-order chi connectivity index (χ1) is 8.81. The van der Waals surface area contributed by atoms with Gasteiger partial charge in [0.2, 0.25) is 0 Å². The van der Waals surface area contributed by atoms with Crippen molar-refractivity contribution in [1.82, 2.24) is 0 Å². The molecule has 2 heteroatoms. The predicted octanol–water partition coefficient (Wildman–Crippen LogP) is 5.18. The average molecular weight is 252 g/mol. The van der Waals surface area contributed by atoms with Crippen LogP contribution in [-0.2, 0) is 0 Å². The molecule has 0 aromatic heterocycles. The maximum Gasteiger partial charge on any atom is 0.161 e. The molecule has 0 aliphatic heterocycles. The number of ether oxygens (including phenoxy) is 2. The molecule has 0 unspecified atom stereocenters. The lowest BCUT2D eigenvalue weighted by molar-refractivity contribution is 0.311. The normalized spacial score (nSPS) is 8.83. The van der Waals surface area contributed by atoms with Crippen LogP contribution in [-0.4, -0.2) is 13.7 Å². The van der Waals surface area contributed by atoms with Crippen molar-refractivity contribution in [3.63, 3.8) is 0 Å². The van der Waals surface area contributed by atoms with Crippen molar-refractivity contribution in [3.05, 3.63) is 29.8 Å². The highest BCUT2D eigenvalue weighted by Crippen LogP contribution is 2.28. The van der Waals surface area contributed by atoms with Crippen molar-refractivity contribution in [2.75, 3.05) is 13.7 Å². The zero-order valence-corrected chi connectivity index (χ0v) is 12.9. The molecular weight excluding hydrogens is 224 g/mol. The molecule has 1 aromatic carbocycles. The minimum atomic E-state index is 0.652. The Morgan fingerprint density at radius 3 is 2.11 bits per heavy atom. The monoisotopic (exact) mass is 252 g/mol. The summed E-state index contributed by atoms with van der Waals surface area (Å²) in [6.07, 6.45) is 4.02. The van der Waals surface area contributed by atoms with Crippen LogP contribution in [0.4, 0.5) is 0 Å². The van der Waals surface area contributed by atoms with Gasteiger partial charge in [-0.2, -0.15) is 0 Å². The first-order valence-corrected chi connectivity index (χ1v) is 6.75. The van der Waals surface area contributed by atoms with Crippen LogP contribution < -0.4 is 9.47 Å². The van der Waals surface area contributed by atoms with E-state index in [1.807, 2.05) is 71.9 Å². The van der Waals surface area contributed by atoms with E-state index in [1.165, 1.54) is 0 Å². The average Bonchev–Trinajstić information content (AvgIpc) is 2.45. The third-order valence-electron chi connectivity index (χ3n) is 1.85. The molecule has 104 valence electrons. The Morgan fingerprint density at radius 2 is 1.67 bits per heavy atom. The molecule has 0 saturated heterocycles. The molecule has 0 fully saturated rings. The summed E-state index contributed by atoms with van der Waals surface area (Å²) in [5, 5.41) is 0. The topological polar surface area (TPSA) is 18.5 Å². The summed E-state index contributed by atoms with van der Waals surface area (Å²) in [7, 11) is 1.65.